The smallest absolute Gasteiger partial charge is 0.338 e. The zero-order valence-electron chi connectivity index (χ0n) is 23.5. The van der Waals surface area contributed by atoms with Gasteiger partial charge in [0.15, 0.2) is 4.80 Å². The van der Waals surface area contributed by atoms with Crippen LogP contribution in [-0.4, -0.2) is 31.4 Å². The average Bonchev–Trinajstić information content (AvgIpc) is 3.30. The fraction of sp³-hybridized carbons (Fsp3) is 0.219. The Bertz CT molecular complexity index is 1840. The first-order chi connectivity index (χ1) is 20.3. The van der Waals surface area contributed by atoms with Crippen LogP contribution in [0.4, 0.5) is 0 Å². The standard InChI is InChI=1S/C32H29BrN2O6S/c1-5-40-31(37)28-19(2)34-32-35(29(28)23-13-12-22(38-3)17-26(23)39-4)30(36)27(42-32)16-21-11-14-25(24(33)15-21)41-18-20-9-7-6-8-10-20/h6-17,29H,5,18H2,1-4H3/b27-16-/t29-/m0/s1. The number of benzene rings is 3. The second-order valence-corrected chi connectivity index (χ2v) is 11.2. The van der Waals surface area contributed by atoms with Gasteiger partial charge in [-0.1, -0.05) is 47.7 Å². The number of allylic oxidation sites excluding steroid dienone is 1. The van der Waals surface area contributed by atoms with Crippen molar-refractivity contribution in [2.45, 2.75) is 26.5 Å². The quantitative estimate of drug-likeness (QED) is 0.233. The first kappa shape index (κ1) is 29.3. The number of methoxy groups -OCH3 is 2. The van der Waals surface area contributed by atoms with Gasteiger partial charge in [0.1, 0.15) is 29.9 Å². The SMILES string of the molecule is CCOC(=O)C1=C(C)N=c2s/c(=C\c3ccc(OCc4ccccc4)c(Br)c3)c(=O)n2[C@H]1c1ccc(OC)cc1OC. The maximum Gasteiger partial charge on any atom is 0.338 e. The van der Waals surface area contributed by atoms with Crippen molar-refractivity contribution >= 4 is 39.3 Å². The Balaban J connectivity index is 1.58. The molecule has 42 heavy (non-hydrogen) atoms. The van der Waals surface area contributed by atoms with E-state index in [0.29, 0.717) is 44.4 Å². The second-order valence-electron chi connectivity index (χ2n) is 9.37. The van der Waals surface area contributed by atoms with Gasteiger partial charge in [0.05, 0.1) is 41.1 Å². The molecule has 216 valence electrons. The summed E-state index contributed by atoms with van der Waals surface area (Å²) in [5.41, 5.74) is 2.96. The third-order valence-electron chi connectivity index (χ3n) is 6.74. The highest BCUT2D eigenvalue weighted by atomic mass is 79.9. The van der Waals surface area contributed by atoms with Gasteiger partial charge in [-0.15, -0.1) is 0 Å². The van der Waals surface area contributed by atoms with Crippen molar-refractivity contribution in [2.75, 3.05) is 20.8 Å². The molecular weight excluding hydrogens is 620 g/mol. The van der Waals surface area contributed by atoms with E-state index in [0.717, 1.165) is 15.6 Å². The van der Waals surface area contributed by atoms with Crippen LogP contribution in [0.3, 0.4) is 0 Å². The number of nitrogens with zero attached hydrogens (tertiary/aromatic N) is 2. The van der Waals surface area contributed by atoms with Crippen molar-refractivity contribution in [1.29, 1.82) is 0 Å². The number of ether oxygens (including phenoxy) is 4. The Morgan fingerprint density at radius 2 is 1.83 bits per heavy atom. The highest BCUT2D eigenvalue weighted by Crippen LogP contribution is 2.37. The molecule has 3 aromatic carbocycles. The third kappa shape index (κ3) is 5.91. The summed E-state index contributed by atoms with van der Waals surface area (Å²) in [6, 6.07) is 20.1. The number of aromatic nitrogens is 1. The fourth-order valence-corrected chi connectivity index (χ4v) is 6.30. The molecule has 1 aromatic heterocycles. The van der Waals surface area contributed by atoms with Crippen molar-refractivity contribution < 1.29 is 23.7 Å². The first-order valence-corrected chi connectivity index (χ1v) is 14.8. The van der Waals surface area contributed by atoms with Crippen molar-refractivity contribution in [1.82, 2.24) is 4.57 Å². The number of hydrogen-bond acceptors (Lipinski definition) is 8. The molecule has 4 aromatic rings. The molecule has 0 bridgehead atoms. The number of fused-ring (bicyclic) bond motifs is 1. The lowest BCUT2D eigenvalue weighted by Gasteiger charge is -2.26. The molecule has 10 heteroatoms. The van der Waals surface area contributed by atoms with E-state index in [1.54, 1.807) is 45.2 Å². The Morgan fingerprint density at radius 1 is 1.05 bits per heavy atom. The van der Waals surface area contributed by atoms with Crippen molar-refractivity contribution in [3.8, 4) is 17.2 Å². The predicted molar refractivity (Wildman–Crippen MR) is 165 cm³/mol. The van der Waals surface area contributed by atoms with Crippen LogP contribution < -0.4 is 29.1 Å². The van der Waals surface area contributed by atoms with Crippen LogP contribution in [0.1, 0.15) is 36.6 Å². The van der Waals surface area contributed by atoms with E-state index >= 15 is 0 Å². The number of carbonyl (C=O) groups is 1. The molecule has 1 aliphatic heterocycles. The lowest BCUT2D eigenvalue weighted by atomic mass is 9.95. The van der Waals surface area contributed by atoms with Crippen LogP contribution in [-0.2, 0) is 16.1 Å². The molecule has 0 radical (unpaired) electrons. The molecule has 0 saturated heterocycles. The van der Waals surface area contributed by atoms with Crippen molar-refractivity contribution in [3.63, 3.8) is 0 Å². The van der Waals surface area contributed by atoms with E-state index in [4.69, 9.17) is 18.9 Å². The van der Waals surface area contributed by atoms with Crippen LogP contribution in [0, 0.1) is 0 Å². The molecule has 0 aliphatic carbocycles. The van der Waals surface area contributed by atoms with Crippen molar-refractivity contribution in [2.24, 2.45) is 4.99 Å². The van der Waals surface area contributed by atoms with E-state index in [2.05, 4.69) is 20.9 Å². The van der Waals surface area contributed by atoms with Crippen LogP contribution in [0.5, 0.6) is 17.2 Å². The molecule has 8 nitrogen and oxygen atoms in total. The molecule has 0 spiro atoms. The highest BCUT2D eigenvalue weighted by molar-refractivity contribution is 9.10. The summed E-state index contributed by atoms with van der Waals surface area (Å²) >= 11 is 4.85. The Morgan fingerprint density at radius 3 is 2.52 bits per heavy atom. The number of halogens is 1. The van der Waals surface area contributed by atoms with Gasteiger partial charge in [-0.05, 0) is 71.2 Å². The molecule has 1 atom stereocenters. The number of esters is 1. The van der Waals surface area contributed by atoms with Crippen LogP contribution in [0.2, 0.25) is 0 Å². The lowest BCUT2D eigenvalue weighted by Crippen LogP contribution is -2.40. The van der Waals surface area contributed by atoms with E-state index in [-0.39, 0.29) is 17.7 Å². The molecule has 2 heterocycles. The number of thiazole rings is 1. The molecule has 0 fully saturated rings. The number of carbonyl (C=O) groups excluding carboxylic acids is 1. The van der Waals surface area contributed by atoms with Crippen LogP contribution in [0.25, 0.3) is 6.08 Å². The zero-order chi connectivity index (χ0) is 29.8. The highest BCUT2D eigenvalue weighted by Gasteiger charge is 2.35. The Hall–Kier alpha value is -4.15. The zero-order valence-corrected chi connectivity index (χ0v) is 26.0. The molecule has 0 amide bonds. The summed E-state index contributed by atoms with van der Waals surface area (Å²) < 4.78 is 25.2. The largest absolute Gasteiger partial charge is 0.497 e. The summed E-state index contributed by atoms with van der Waals surface area (Å²) in [5, 5.41) is 0. The summed E-state index contributed by atoms with van der Waals surface area (Å²) in [4.78, 5) is 32.3. The molecule has 0 saturated carbocycles. The summed E-state index contributed by atoms with van der Waals surface area (Å²) in [5.74, 6) is 1.22. The monoisotopic (exact) mass is 648 g/mol. The molecule has 1 aliphatic rings. The Labute approximate surface area is 255 Å². The maximum absolute atomic E-state index is 14.0. The predicted octanol–water partition coefficient (Wildman–Crippen LogP) is 5.16. The fourth-order valence-electron chi connectivity index (χ4n) is 4.74. The van der Waals surface area contributed by atoms with Gasteiger partial charge in [0, 0.05) is 11.6 Å². The average molecular weight is 650 g/mol. The van der Waals surface area contributed by atoms with Crippen LogP contribution in [0.15, 0.2) is 92.3 Å². The number of hydrogen-bond donors (Lipinski definition) is 0. The summed E-state index contributed by atoms with van der Waals surface area (Å²) in [6.07, 6.45) is 1.81. The molecule has 0 N–H and O–H groups in total. The van der Waals surface area contributed by atoms with E-state index in [9.17, 15) is 9.59 Å². The minimum absolute atomic E-state index is 0.187. The van der Waals surface area contributed by atoms with Gasteiger partial charge >= 0.3 is 5.97 Å². The molecule has 5 rings (SSSR count). The third-order valence-corrected chi connectivity index (χ3v) is 8.35. The second kappa shape index (κ2) is 12.8. The van der Waals surface area contributed by atoms with Crippen LogP contribution >= 0.6 is 27.3 Å². The molecule has 0 unspecified atom stereocenters. The van der Waals surface area contributed by atoms with Gasteiger partial charge in [0.25, 0.3) is 5.56 Å². The van der Waals surface area contributed by atoms with Gasteiger partial charge in [-0.25, -0.2) is 9.79 Å². The summed E-state index contributed by atoms with van der Waals surface area (Å²) in [7, 11) is 3.10. The Kier molecular flexibility index (Phi) is 8.94. The topological polar surface area (TPSA) is 88.4 Å². The van der Waals surface area contributed by atoms with E-state index in [1.807, 2.05) is 48.5 Å². The van der Waals surface area contributed by atoms with Crippen molar-refractivity contribution in [3.05, 3.63) is 119 Å². The maximum atomic E-state index is 14.0. The first-order valence-electron chi connectivity index (χ1n) is 13.2. The van der Waals surface area contributed by atoms with Gasteiger partial charge in [0.2, 0.25) is 0 Å². The molecular formula is C32H29BrN2O6S. The summed E-state index contributed by atoms with van der Waals surface area (Å²) in [6.45, 7) is 4.11. The van der Waals surface area contributed by atoms with Gasteiger partial charge < -0.3 is 18.9 Å². The minimum Gasteiger partial charge on any atom is -0.497 e. The van der Waals surface area contributed by atoms with E-state index < -0.39 is 12.0 Å². The van der Waals surface area contributed by atoms with Gasteiger partial charge in [-0.2, -0.15) is 0 Å². The minimum atomic E-state index is -0.802. The normalized spacial score (nSPS) is 14.7. The van der Waals surface area contributed by atoms with E-state index in [1.165, 1.54) is 23.0 Å². The number of rotatable bonds is 9. The van der Waals surface area contributed by atoms with Gasteiger partial charge in [-0.3, -0.25) is 9.36 Å². The lowest BCUT2D eigenvalue weighted by molar-refractivity contribution is -0.139.